The zero-order valence-corrected chi connectivity index (χ0v) is 14.9. The van der Waals surface area contributed by atoms with E-state index in [0.717, 1.165) is 11.4 Å². The predicted molar refractivity (Wildman–Crippen MR) is 77.1 cm³/mol. The van der Waals surface area contributed by atoms with Crippen LogP contribution >= 0.6 is 9.42 Å². The Morgan fingerprint density at radius 1 is 0.882 bits per heavy atom. The van der Waals surface area contributed by atoms with Crippen molar-refractivity contribution in [3.05, 3.63) is 20.6 Å². The van der Waals surface area contributed by atoms with Crippen LogP contribution in [0.25, 0.3) is 0 Å². The maximum atomic E-state index is 4.61. The third kappa shape index (κ3) is 21.5. The van der Waals surface area contributed by atoms with Crippen LogP contribution in [0.1, 0.15) is 13.8 Å². The summed E-state index contributed by atoms with van der Waals surface area (Å²) in [4.78, 5) is 0. The van der Waals surface area contributed by atoms with Gasteiger partial charge in [0.1, 0.15) is 0 Å². The molecule has 0 aromatic rings. The molecule has 17 heavy (non-hydrogen) atoms. The van der Waals surface area contributed by atoms with Gasteiger partial charge in [0.05, 0.1) is 11.4 Å². The molecule has 0 amide bonds. The number of nitrogens with zero attached hydrogens (tertiary/aromatic N) is 4. The first kappa shape index (κ1) is 25.5. The van der Waals surface area contributed by atoms with E-state index in [1.807, 2.05) is 42.0 Å². The monoisotopic (exact) mass is 443 g/mol. The summed E-state index contributed by atoms with van der Waals surface area (Å²) < 4.78 is 0. The minimum atomic E-state index is 0. The fraction of sp³-hybridized carbons (Fsp3) is 0.545. The average molecular weight is 444 g/mol. The van der Waals surface area contributed by atoms with E-state index in [0.29, 0.717) is 0 Å². The molecule has 0 atom stereocenters. The molecule has 0 saturated carbocycles. The molecule has 0 aliphatic rings. The van der Waals surface area contributed by atoms with Gasteiger partial charge in [-0.3, -0.25) is 0 Å². The first-order valence-electron chi connectivity index (χ1n) is 4.51. The van der Waals surface area contributed by atoms with E-state index in [4.69, 9.17) is 0 Å². The van der Waals surface area contributed by atoms with Gasteiger partial charge in [-0.2, -0.15) is 10.2 Å². The van der Waals surface area contributed by atoms with Crippen molar-refractivity contribution in [3.8, 4) is 0 Å². The molecule has 0 aliphatic carbocycles. The van der Waals surface area contributed by atoms with E-state index in [1.54, 1.807) is 28.8 Å². The number of hydrogen-bond donors (Lipinski definition) is 0. The molecule has 0 radical (unpaired) electrons. The minimum absolute atomic E-state index is 0. The molecule has 0 bridgehead atoms. The van der Waals surface area contributed by atoms with E-state index >= 15 is 0 Å². The van der Waals surface area contributed by atoms with Crippen LogP contribution in [0.15, 0.2) is 23.4 Å². The average Bonchev–Trinajstić information content (AvgIpc) is 2.21. The van der Waals surface area contributed by atoms with E-state index in [-0.39, 0.29) is 7.43 Å². The summed E-state index contributed by atoms with van der Waals surface area (Å²) in [6, 6.07) is 0. The number of hydrogen-bond acceptors (Lipinski definition) is 4. The molecule has 0 aromatic carbocycles. The second-order valence-corrected chi connectivity index (χ2v) is 3.07. The molecule has 0 N–H and O–H groups in total. The first-order chi connectivity index (χ1) is 7.43. The van der Waals surface area contributed by atoms with Crippen molar-refractivity contribution in [1.29, 1.82) is 0 Å². The summed E-state index contributed by atoms with van der Waals surface area (Å²) in [5, 5.41) is 12.0. The van der Waals surface area contributed by atoms with Crippen molar-refractivity contribution in [3.63, 3.8) is 0 Å². The van der Waals surface area contributed by atoms with Crippen LogP contribution < -0.4 is 0 Å². The Hall–Kier alpha value is -0.342. The Labute approximate surface area is 122 Å². The molecular weight excluding hydrogens is 419 g/mol. The van der Waals surface area contributed by atoms with Crippen molar-refractivity contribution >= 4 is 20.8 Å². The van der Waals surface area contributed by atoms with Gasteiger partial charge in [-0.1, -0.05) is 0 Å². The molecule has 0 aliphatic heterocycles. The van der Waals surface area contributed by atoms with Crippen LogP contribution in [0.3, 0.4) is 0 Å². The molecule has 0 rings (SSSR count). The maximum absolute atomic E-state index is 4.61. The van der Waals surface area contributed by atoms with Gasteiger partial charge in [-0.25, -0.2) is 0 Å². The van der Waals surface area contributed by atoms with E-state index in [1.165, 1.54) is 0 Å². The Bertz CT molecular complexity index is 194. The van der Waals surface area contributed by atoms with Gasteiger partial charge in [-0.05, 0) is 13.8 Å². The fourth-order valence-electron chi connectivity index (χ4n) is 0.745. The molecule has 0 saturated heterocycles. The van der Waals surface area contributed by atoms with Gasteiger partial charge < -0.3 is 17.4 Å². The zero-order chi connectivity index (χ0) is 13.7. The van der Waals surface area contributed by atoms with Crippen LogP contribution in [0.5, 0.6) is 0 Å². The van der Waals surface area contributed by atoms with Crippen molar-refractivity contribution in [2.75, 3.05) is 28.2 Å². The molecule has 4 nitrogen and oxygen atoms in total. The molecule has 0 unspecified atom stereocenters. The molecule has 106 valence electrons. The Balaban J connectivity index is -0.000000152. The Morgan fingerprint density at radius 2 is 1.06 bits per heavy atom. The topological polar surface area (TPSA) is 31.2 Å². The van der Waals surface area contributed by atoms with E-state index in [9.17, 15) is 0 Å². The summed E-state index contributed by atoms with van der Waals surface area (Å²) in [7, 11) is 12.2. The third-order valence-corrected chi connectivity index (χ3v) is 1.22. The molecule has 0 aromatic heterocycles. The van der Waals surface area contributed by atoms with Gasteiger partial charge >= 0.3 is 28.2 Å². The van der Waals surface area contributed by atoms with E-state index < -0.39 is 0 Å². The molecule has 0 fully saturated rings. The molecule has 0 spiro atoms. The first-order valence-corrected chi connectivity index (χ1v) is 7.32. The van der Waals surface area contributed by atoms with Gasteiger partial charge in [0.25, 0.3) is 0 Å². The van der Waals surface area contributed by atoms with Crippen LogP contribution in [0.4, 0.5) is 0 Å². The van der Waals surface area contributed by atoms with Crippen molar-refractivity contribution in [2.45, 2.75) is 13.8 Å². The quantitative estimate of drug-likeness (QED) is 0.291. The second kappa shape index (κ2) is 18.0. The van der Waals surface area contributed by atoms with Crippen LogP contribution in [0, 0.1) is 7.43 Å². The van der Waals surface area contributed by atoms with Crippen LogP contribution in [-0.4, -0.2) is 49.6 Å². The van der Waals surface area contributed by atoms with Crippen molar-refractivity contribution in [1.82, 2.24) is 10.0 Å². The van der Waals surface area contributed by atoms with Gasteiger partial charge in [-0.15, -0.1) is 13.2 Å². The Morgan fingerprint density at radius 3 is 1.18 bits per heavy atom. The zero-order valence-electron chi connectivity index (χ0n) is 11.9. The number of rotatable bonds is 3. The van der Waals surface area contributed by atoms with Gasteiger partial charge in [0.15, 0.2) is 0 Å². The Kier molecular flexibility index (Phi) is 27.0. The standard InChI is InChI=1S/C8H18N4.C2H4.CH3.ClH.Pt/c1-7(9-11(3)4)8(2)10-12(5)6;1-2;;;/h1-6H3;1-2H2;1H3;1H;/q;;-1;;+2/p-1/b9-7+,10-8+;;;;. The molecule has 6 heteroatoms. The van der Waals surface area contributed by atoms with E-state index in [2.05, 4.69) is 32.8 Å². The fourth-order valence-corrected chi connectivity index (χ4v) is 0.745. The van der Waals surface area contributed by atoms with Gasteiger partial charge in [0, 0.05) is 28.2 Å². The molecule has 0 heterocycles. The van der Waals surface area contributed by atoms with Crippen molar-refractivity contribution < 1.29 is 18.8 Å². The number of hydrazone groups is 2. The van der Waals surface area contributed by atoms with Crippen LogP contribution in [0.2, 0.25) is 0 Å². The van der Waals surface area contributed by atoms with Crippen molar-refractivity contribution in [2.24, 2.45) is 10.2 Å². The van der Waals surface area contributed by atoms with Crippen LogP contribution in [-0.2, 0) is 18.8 Å². The summed E-state index contributed by atoms with van der Waals surface area (Å²) in [5.41, 5.74) is 1.88. The molecular formula is C11H25ClN4Pt. The summed E-state index contributed by atoms with van der Waals surface area (Å²) in [6.07, 6.45) is 0. The third-order valence-electron chi connectivity index (χ3n) is 1.22. The van der Waals surface area contributed by atoms with Gasteiger partial charge in [0.2, 0.25) is 0 Å². The predicted octanol–water partition coefficient (Wildman–Crippen LogP) is 2.80. The second-order valence-electron chi connectivity index (χ2n) is 3.07. The normalized spacial score (nSPS) is 9.94. The summed E-state index contributed by atoms with van der Waals surface area (Å²) >= 11 is 1.61. The SMILES string of the molecule is C=C.CC(=N\N(C)C)/C(C)=N/N(C)C.[CH3-].[Cl][Pt+]. The number of halogens is 1. The summed E-state index contributed by atoms with van der Waals surface area (Å²) in [5.74, 6) is 0. The summed E-state index contributed by atoms with van der Waals surface area (Å²) in [6.45, 7) is 9.89.